The number of fused-ring (bicyclic) bond motifs is 2. The first-order chi connectivity index (χ1) is 18.3. The van der Waals surface area contributed by atoms with E-state index in [1.54, 1.807) is 22.2 Å². The third kappa shape index (κ3) is 7.35. The SMILES string of the molecule is CC(C)(C)OC(=O)N1CCc2ccc(-c3cncnc3)cc21.CC(C)(C)OC(=O)N1CCc2ccc(Br)cc21. The summed E-state index contributed by atoms with van der Waals surface area (Å²) < 4.78 is 11.9. The number of ether oxygens (including phenoxy) is 2. The van der Waals surface area contributed by atoms with E-state index in [2.05, 4.69) is 32.0 Å². The predicted octanol–water partition coefficient (Wildman–Crippen LogP) is 7.19. The lowest BCUT2D eigenvalue weighted by molar-refractivity contribution is 0.0573. The van der Waals surface area contributed by atoms with Gasteiger partial charge in [-0.1, -0.05) is 34.1 Å². The molecule has 0 saturated carbocycles. The minimum Gasteiger partial charge on any atom is -0.443 e. The number of aromatic nitrogens is 2. The molecule has 0 unspecified atom stereocenters. The van der Waals surface area contributed by atoms with Gasteiger partial charge >= 0.3 is 12.2 Å². The average molecular weight is 596 g/mol. The summed E-state index contributed by atoms with van der Waals surface area (Å²) in [5, 5.41) is 0. The van der Waals surface area contributed by atoms with Crippen molar-refractivity contribution in [1.82, 2.24) is 9.97 Å². The van der Waals surface area contributed by atoms with Crippen molar-refractivity contribution in [3.63, 3.8) is 0 Å². The number of hydrogen-bond donors (Lipinski definition) is 0. The van der Waals surface area contributed by atoms with Crippen molar-refractivity contribution < 1.29 is 19.1 Å². The van der Waals surface area contributed by atoms with Crippen LogP contribution < -0.4 is 9.80 Å². The Morgan fingerprint density at radius 1 is 0.744 bits per heavy atom. The number of rotatable bonds is 1. The molecular weight excluding hydrogens is 560 g/mol. The van der Waals surface area contributed by atoms with Crippen LogP contribution in [0.15, 0.2) is 59.6 Å². The molecule has 5 rings (SSSR count). The Bertz CT molecular complexity index is 1350. The topological polar surface area (TPSA) is 84.9 Å². The zero-order chi connectivity index (χ0) is 28.4. The molecule has 2 amide bonds. The molecule has 0 radical (unpaired) electrons. The van der Waals surface area contributed by atoms with E-state index in [1.807, 2.05) is 71.9 Å². The van der Waals surface area contributed by atoms with Crippen molar-refractivity contribution in [3.8, 4) is 11.1 Å². The Morgan fingerprint density at radius 2 is 1.23 bits per heavy atom. The Labute approximate surface area is 238 Å². The summed E-state index contributed by atoms with van der Waals surface area (Å²) >= 11 is 3.42. The van der Waals surface area contributed by atoms with Crippen molar-refractivity contribution in [2.45, 2.75) is 65.6 Å². The van der Waals surface area contributed by atoms with Crippen LogP contribution in [0.3, 0.4) is 0 Å². The fourth-order valence-corrected chi connectivity index (χ4v) is 4.72. The van der Waals surface area contributed by atoms with E-state index < -0.39 is 11.2 Å². The van der Waals surface area contributed by atoms with Crippen molar-refractivity contribution >= 4 is 39.5 Å². The lowest BCUT2D eigenvalue weighted by Crippen LogP contribution is -2.35. The van der Waals surface area contributed by atoms with Crippen LogP contribution in [0, 0.1) is 0 Å². The van der Waals surface area contributed by atoms with Gasteiger partial charge in [-0.25, -0.2) is 19.6 Å². The Balaban J connectivity index is 0.000000187. The van der Waals surface area contributed by atoms with Gasteiger partial charge in [0.05, 0.1) is 11.4 Å². The molecule has 1 aromatic heterocycles. The van der Waals surface area contributed by atoms with E-state index in [1.165, 1.54) is 11.9 Å². The van der Waals surface area contributed by atoms with Crippen LogP contribution in [0.1, 0.15) is 52.7 Å². The zero-order valence-electron chi connectivity index (χ0n) is 23.3. The predicted molar refractivity (Wildman–Crippen MR) is 156 cm³/mol. The minimum absolute atomic E-state index is 0.269. The molecular formula is C30H35BrN4O4. The summed E-state index contributed by atoms with van der Waals surface area (Å²) in [5.41, 5.74) is 5.20. The lowest BCUT2D eigenvalue weighted by atomic mass is 10.0. The standard InChI is InChI=1S/C17H19N3O2.C13H16BrNO2/c1-17(2,3)22-16(21)20-7-6-12-4-5-13(8-15(12)20)14-9-18-11-19-10-14;1-13(2,3)17-12(16)15-7-6-9-4-5-10(14)8-11(9)15/h4-5,8-11H,6-7H2,1-3H3;4-5,8H,6-7H2,1-3H3. The Morgan fingerprint density at radius 3 is 1.74 bits per heavy atom. The van der Waals surface area contributed by atoms with Crippen LogP contribution in [-0.2, 0) is 22.3 Å². The average Bonchev–Trinajstić information content (AvgIpc) is 3.46. The molecule has 8 nitrogen and oxygen atoms in total. The van der Waals surface area contributed by atoms with Gasteiger partial charge < -0.3 is 9.47 Å². The number of anilines is 2. The molecule has 0 spiro atoms. The van der Waals surface area contributed by atoms with Crippen molar-refractivity contribution in [3.05, 3.63) is 70.7 Å². The molecule has 0 fully saturated rings. The maximum Gasteiger partial charge on any atom is 0.414 e. The lowest BCUT2D eigenvalue weighted by Gasteiger charge is -2.25. The van der Waals surface area contributed by atoms with Gasteiger partial charge in [-0.2, -0.15) is 0 Å². The molecule has 0 atom stereocenters. The third-order valence-corrected chi connectivity index (χ3v) is 6.54. The highest BCUT2D eigenvalue weighted by atomic mass is 79.9. The Hall–Kier alpha value is -3.46. The Kier molecular flexibility index (Phi) is 8.30. The molecule has 3 heterocycles. The van der Waals surface area contributed by atoms with E-state index in [9.17, 15) is 9.59 Å². The summed E-state index contributed by atoms with van der Waals surface area (Å²) in [6.45, 7) is 12.6. The quantitative estimate of drug-likeness (QED) is 0.296. The maximum absolute atomic E-state index is 12.4. The van der Waals surface area contributed by atoms with Crippen LogP contribution in [0.25, 0.3) is 11.1 Å². The highest BCUT2D eigenvalue weighted by Crippen LogP contribution is 2.34. The number of benzene rings is 2. The molecule has 9 heteroatoms. The van der Waals surface area contributed by atoms with Gasteiger partial charge in [-0.15, -0.1) is 0 Å². The monoisotopic (exact) mass is 594 g/mol. The fraction of sp³-hybridized carbons (Fsp3) is 0.400. The highest BCUT2D eigenvalue weighted by molar-refractivity contribution is 9.10. The highest BCUT2D eigenvalue weighted by Gasteiger charge is 2.30. The van der Waals surface area contributed by atoms with Crippen molar-refractivity contribution in [2.24, 2.45) is 0 Å². The van der Waals surface area contributed by atoms with Gasteiger partial charge in [-0.05, 0) is 89.3 Å². The number of amides is 2. The maximum atomic E-state index is 12.4. The normalized spacial score (nSPS) is 14.2. The van der Waals surface area contributed by atoms with Crippen molar-refractivity contribution in [1.29, 1.82) is 0 Å². The van der Waals surface area contributed by atoms with E-state index in [4.69, 9.17) is 9.47 Å². The largest absolute Gasteiger partial charge is 0.443 e. The first-order valence-corrected chi connectivity index (χ1v) is 13.8. The van der Waals surface area contributed by atoms with Crippen LogP contribution in [0.4, 0.5) is 21.0 Å². The number of carbonyl (C=O) groups is 2. The summed E-state index contributed by atoms with van der Waals surface area (Å²) in [5.74, 6) is 0. The number of carbonyl (C=O) groups excluding carboxylic acids is 2. The van der Waals surface area contributed by atoms with Gasteiger partial charge in [-0.3, -0.25) is 9.80 Å². The molecule has 206 valence electrons. The second-order valence-electron chi connectivity index (χ2n) is 11.5. The molecule has 2 aliphatic rings. The van der Waals surface area contributed by atoms with Crippen LogP contribution in [0.2, 0.25) is 0 Å². The van der Waals surface area contributed by atoms with Crippen LogP contribution in [0.5, 0.6) is 0 Å². The second kappa shape index (κ2) is 11.3. The number of hydrogen-bond acceptors (Lipinski definition) is 6. The molecule has 2 aromatic carbocycles. The molecule has 39 heavy (non-hydrogen) atoms. The van der Waals surface area contributed by atoms with Crippen LogP contribution in [-0.4, -0.2) is 46.4 Å². The first kappa shape index (κ1) is 28.5. The van der Waals surface area contributed by atoms with E-state index in [-0.39, 0.29) is 12.2 Å². The van der Waals surface area contributed by atoms with Gasteiger partial charge in [0.15, 0.2) is 0 Å². The zero-order valence-corrected chi connectivity index (χ0v) is 24.9. The number of nitrogens with zero attached hydrogens (tertiary/aromatic N) is 4. The minimum atomic E-state index is -0.495. The van der Waals surface area contributed by atoms with Crippen LogP contribution >= 0.6 is 15.9 Å². The summed E-state index contributed by atoms with van der Waals surface area (Å²) in [6.07, 6.45) is 6.21. The van der Waals surface area contributed by atoms with Gasteiger partial charge in [0.2, 0.25) is 0 Å². The van der Waals surface area contributed by atoms with E-state index >= 15 is 0 Å². The molecule has 3 aromatic rings. The van der Waals surface area contributed by atoms with Gasteiger partial charge in [0, 0.05) is 35.5 Å². The van der Waals surface area contributed by atoms with E-state index in [0.717, 1.165) is 45.4 Å². The summed E-state index contributed by atoms with van der Waals surface area (Å²) in [7, 11) is 0. The smallest absolute Gasteiger partial charge is 0.414 e. The molecule has 2 aliphatic heterocycles. The molecule has 0 aliphatic carbocycles. The number of halogens is 1. The fourth-order valence-electron chi connectivity index (χ4n) is 4.37. The molecule has 0 saturated heterocycles. The molecule has 0 N–H and O–H groups in total. The van der Waals surface area contributed by atoms with Gasteiger partial charge in [0.25, 0.3) is 0 Å². The third-order valence-electron chi connectivity index (χ3n) is 6.05. The molecule has 0 bridgehead atoms. The van der Waals surface area contributed by atoms with Gasteiger partial charge in [0.1, 0.15) is 17.5 Å². The summed E-state index contributed by atoms with van der Waals surface area (Å²) in [4.78, 5) is 35.9. The first-order valence-electron chi connectivity index (χ1n) is 13.0. The summed E-state index contributed by atoms with van der Waals surface area (Å²) in [6, 6.07) is 12.1. The van der Waals surface area contributed by atoms with Crippen molar-refractivity contribution in [2.75, 3.05) is 22.9 Å². The second-order valence-corrected chi connectivity index (χ2v) is 12.4. The van der Waals surface area contributed by atoms with E-state index in [0.29, 0.717) is 13.1 Å².